The summed E-state index contributed by atoms with van der Waals surface area (Å²) in [5, 5.41) is 3.46. The topological polar surface area (TPSA) is 12.0 Å². The fourth-order valence-electron chi connectivity index (χ4n) is 2.21. The largest absolute Gasteiger partial charge is 0.313 e. The Bertz CT molecular complexity index is 578. The second kappa shape index (κ2) is 8.26. The maximum Gasteiger partial charge on any atom is 0.0232 e. The normalized spacial score (nSPS) is 10.8. The molecule has 1 N–H and O–H groups in total. The smallest absolute Gasteiger partial charge is 0.0232 e. The zero-order valence-corrected chi connectivity index (χ0v) is 14.1. The molecule has 2 rings (SSSR count). The number of nitrogens with one attached hydrogen (secondary N) is 1. The molecule has 0 heterocycles. The number of hydrogen-bond donors (Lipinski definition) is 1. The maximum absolute atomic E-state index is 3.46. The van der Waals surface area contributed by atoms with E-state index >= 15 is 0 Å². The van der Waals surface area contributed by atoms with Gasteiger partial charge in [0.2, 0.25) is 0 Å². The van der Waals surface area contributed by atoms with Crippen LogP contribution in [0.2, 0.25) is 0 Å². The molecule has 0 fully saturated rings. The third-order valence-corrected chi connectivity index (χ3v) is 4.70. The Morgan fingerprint density at radius 3 is 2.57 bits per heavy atom. The van der Waals surface area contributed by atoms with Gasteiger partial charge in [-0.05, 0) is 61.2 Å². The van der Waals surface area contributed by atoms with Crippen LogP contribution in [0.3, 0.4) is 0 Å². The molecule has 0 atom stereocenters. The highest BCUT2D eigenvalue weighted by Gasteiger charge is 2.00. The van der Waals surface area contributed by atoms with Crippen molar-refractivity contribution in [2.75, 3.05) is 6.54 Å². The third-order valence-electron chi connectivity index (χ3n) is 3.63. The maximum atomic E-state index is 3.46. The summed E-state index contributed by atoms with van der Waals surface area (Å²) in [6.45, 7) is 8.59. The van der Waals surface area contributed by atoms with Gasteiger partial charge in [-0.2, -0.15) is 0 Å². The van der Waals surface area contributed by atoms with Crippen molar-refractivity contribution in [1.29, 1.82) is 0 Å². The number of hydrogen-bond acceptors (Lipinski definition) is 2. The van der Waals surface area contributed by atoms with E-state index in [0.717, 1.165) is 18.8 Å². The highest BCUT2D eigenvalue weighted by molar-refractivity contribution is 7.98. The summed E-state index contributed by atoms with van der Waals surface area (Å²) in [5.74, 6) is 1.03. The minimum atomic E-state index is 0.964. The molecule has 2 aromatic carbocycles. The second-order valence-electron chi connectivity index (χ2n) is 5.53. The molecule has 0 aliphatic carbocycles. The molecule has 0 amide bonds. The molecule has 0 aromatic heterocycles. The van der Waals surface area contributed by atoms with E-state index in [1.54, 1.807) is 0 Å². The number of aryl methyl sites for hydroxylation is 2. The Kier molecular flexibility index (Phi) is 6.34. The van der Waals surface area contributed by atoms with Crippen LogP contribution in [0.25, 0.3) is 0 Å². The summed E-state index contributed by atoms with van der Waals surface area (Å²) in [4.78, 5) is 1.35. The predicted molar refractivity (Wildman–Crippen MR) is 93.9 cm³/mol. The molecule has 112 valence electrons. The molecule has 0 aliphatic heterocycles. The van der Waals surface area contributed by atoms with Gasteiger partial charge in [-0.25, -0.2) is 0 Å². The van der Waals surface area contributed by atoms with Crippen molar-refractivity contribution in [3.8, 4) is 0 Å². The van der Waals surface area contributed by atoms with Gasteiger partial charge < -0.3 is 5.32 Å². The Morgan fingerprint density at radius 1 is 0.952 bits per heavy atom. The van der Waals surface area contributed by atoms with Gasteiger partial charge in [-0.1, -0.05) is 37.3 Å². The van der Waals surface area contributed by atoms with Gasteiger partial charge in [0.25, 0.3) is 0 Å². The minimum absolute atomic E-state index is 0.964. The van der Waals surface area contributed by atoms with E-state index in [1.807, 2.05) is 11.8 Å². The predicted octanol–water partition coefficient (Wildman–Crippen LogP) is 5.10. The molecular formula is C19H25NS. The van der Waals surface area contributed by atoms with Gasteiger partial charge in [0.1, 0.15) is 0 Å². The van der Waals surface area contributed by atoms with Crippen LogP contribution in [-0.2, 0) is 12.3 Å². The zero-order chi connectivity index (χ0) is 15.1. The van der Waals surface area contributed by atoms with Crippen LogP contribution in [-0.4, -0.2) is 6.54 Å². The van der Waals surface area contributed by atoms with Crippen LogP contribution >= 0.6 is 11.8 Å². The van der Waals surface area contributed by atoms with Crippen LogP contribution in [0.15, 0.2) is 47.4 Å². The summed E-state index contributed by atoms with van der Waals surface area (Å²) in [6.07, 6.45) is 1.18. The standard InChI is InChI=1S/C19H25NS/c1-4-10-20-13-17-6-5-7-19(12-17)21-14-18-9-8-15(2)16(3)11-18/h5-9,11-12,20H,4,10,13-14H2,1-3H3. The minimum Gasteiger partial charge on any atom is -0.313 e. The third kappa shape index (κ3) is 5.22. The SMILES string of the molecule is CCCNCc1cccc(SCc2ccc(C)c(C)c2)c1. The van der Waals surface area contributed by atoms with Crippen molar-refractivity contribution >= 4 is 11.8 Å². The van der Waals surface area contributed by atoms with E-state index in [2.05, 4.69) is 68.6 Å². The van der Waals surface area contributed by atoms with Crippen LogP contribution < -0.4 is 5.32 Å². The average Bonchev–Trinajstić information content (AvgIpc) is 2.49. The monoisotopic (exact) mass is 299 g/mol. The van der Waals surface area contributed by atoms with Gasteiger partial charge in [-0.3, -0.25) is 0 Å². The summed E-state index contributed by atoms with van der Waals surface area (Å²) in [6, 6.07) is 15.6. The van der Waals surface area contributed by atoms with Crippen molar-refractivity contribution in [3.63, 3.8) is 0 Å². The van der Waals surface area contributed by atoms with Crippen molar-refractivity contribution in [2.24, 2.45) is 0 Å². The summed E-state index contributed by atoms with van der Waals surface area (Å²) in [5.41, 5.74) is 5.52. The van der Waals surface area contributed by atoms with Crippen LogP contribution in [0.4, 0.5) is 0 Å². The van der Waals surface area contributed by atoms with Gasteiger partial charge in [-0.15, -0.1) is 11.8 Å². The van der Waals surface area contributed by atoms with E-state index in [0.29, 0.717) is 0 Å². The van der Waals surface area contributed by atoms with E-state index in [9.17, 15) is 0 Å². The van der Waals surface area contributed by atoms with E-state index in [4.69, 9.17) is 0 Å². The van der Waals surface area contributed by atoms with Crippen molar-refractivity contribution in [2.45, 2.75) is 44.4 Å². The van der Waals surface area contributed by atoms with Crippen molar-refractivity contribution in [1.82, 2.24) is 5.32 Å². The number of benzene rings is 2. The molecule has 0 spiro atoms. The molecule has 2 aromatic rings. The Balaban J connectivity index is 1.93. The van der Waals surface area contributed by atoms with E-state index < -0.39 is 0 Å². The van der Waals surface area contributed by atoms with Crippen LogP contribution in [0.5, 0.6) is 0 Å². The lowest BCUT2D eigenvalue weighted by Gasteiger charge is -2.08. The quantitative estimate of drug-likeness (QED) is 0.564. The van der Waals surface area contributed by atoms with Crippen LogP contribution in [0, 0.1) is 13.8 Å². The zero-order valence-electron chi connectivity index (χ0n) is 13.3. The first kappa shape index (κ1) is 16.1. The lowest BCUT2D eigenvalue weighted by molar-refractivity contribution is 0.674. The van der Waals surface area contributed by atoms with E-state index in [1.165, 1.54) is 33.6 Å². The molecular weight excluding hydrogens is 274 g/mol. The average molecular weight is 299 g/mol. The van der Waals surface area contributed by atoms with Gasteiger partial charge in [0.15, 0.2) is 0 Å². The molecule has 0 saturated carbocycles. The van der Waals surface area contributed by atoms with Gasteiger partial charge >= 0.3 is 0 Å². The Hall–Kier alpha value is -1.25. The fraction of sp³-hybridized carbons (Fsp3) is 0.368. The first-order valence-corrected chi connectivity index (χ1v) is 8.66. The van der Waals surface area contributed by atoms with Crippen molar-refractivity contribution in [3.05, 3.63) is 64.7 Å². The second-order valence-corrected chi connectivity index (χ2v) is 6.58. The molecule has 0 radical (unpaired) electrons. The van der Waals surface area contributed by atoms with Crippen molar-refractivity contribution < 1.29 is 0 Å². The molecule has 1 nitrogen and oxygen atoms in total. The Labute approximate surface area is 133 Å². The highest BCUT2D eigenvalue weighted by Crippen LogP contribution is 2.24. The summed E-state index contributed by atoms with van der Waals surface area (Å²) in [7, 11) is 0. The summed E-state index contributed by atoms with van der Waals surface area (Å²) < 4.78 is 0. The van der Waals surface area contributed by atoms with Gasteiger partial charge in [0, 0.05) is 17.2 Å². The van der Waals surface area contributed by atoms with Gasteiger partial charge in [0.05, 0.1) is 0 Å². The molecule has 0 saturated heterocycles. The summed E-state index contributed by atoms with van der Waals surface area (Å²) >= 11 is 1.91. The number of rotatable bonds is 7. The number of thioether (sulfide) groups is 1. The fourth-order valence-corrected chi connectivity index (χ4v) is 3.14. The first-order valence-electron chi connectivity index (χ1n) is 7.67. The lowest BCUT2D eigenvalue weighted by atomic mass is 10.1. The lowest BCUT2D eigenvalue weighted by Crippen LogP contribution is -2.13. The molecule has 0 unspecified atom stereocenters. The Morgan fingerprint density at radius 2 is 1.81 bits per heavy atom. The first-order chi connectivity index (χ1) is 10.2. The molecule has 0 aliphatic rings. The molecule has 21 heavy (non-hydrogen) atoms. The molecule has 0 bridgehead atoms. The highest BCUT2D eigenvalue weighted by atomic mass is 32.2. The molecule has 2 heteroatoms. The van der Waals surface area contributed by atoms with Crippen LogP contribution in [0.1, 0.15) is 35.6 Å². The van der Waals surface area contributed by atoms with E-state index in [-0.39, 0.29) is 0 Å².